The van der Waals surface area contributed by atoms with Crippen molar-refractivity contribution in [2.45, 2.75) is 13.0 Å². The molecule has 1 rings (SSSR count). The highest BCUT2D eigenvalue weighted by Crippen LogP contribution is 2.15. The molecule has 0 spiro atoms. The summed E-state index contributed by atoms with van der Waals surface area (Å²) in [6, 6.07) is 8.18. The van der Waals surface area contributed by atoms with Gasteiger partial charge in [-0.2, -0.15) is 0 Å². The van der Waals surface area contributed by atoms with Crippen LogP contribution in [-0.4, -0.2) is 31.4 Å². The second-order valence-corrected chi connectivity index (χ2v) is 4.44. The molecule has 17 heavy (non-hydrogen) atoms. The largest absolute Gasteiger partial charge is 0.344 e. The molecule has 0 aromatic heterocycles. The van der Waals surface area contributed by atoms with Crippen molar-refractivity contribution in [3.8, 4) is 0 Å². The maximum Gasteiger partial charge on any atom is 0.243 e. The number of carbonyl (C=O) groups excluding carboxylic acids is 1. The molecule has 1 aromatic carbocycles. The molecule has 0 saturated heterocycles. The zero-order valence-corrected chi connectivity index (χ0v) is 10.7. The minimum atomic E-state index is -0.140. The predicted octanol–water partition coefficient (Wildman–Crippen LogP) is 1.90. The first-order chi connectivity index (χ1) is 8.02. The van der Waals surface area contributed by atoms with Crippen LogP contribution in [0.2, 0.25) is 0 Å². The zero-order valence-electron chi connectivity index (χ0n) is 10.7. The Balaban J connectivity index is 2.88. The second-order valence-electron chi connectivity index (χ2n) is 4.44. The van der Waals surface area contributed by atoms with Gasteiger partial charge < -0.3 is 10.2 Å². The number of carbonyl (C=O) groups is 1. The Labute approximate surface area is 103 Å². The minimum Gasteiger partial charge on any atom is -0.344 e. The molecule has 3 heteroatoms. The van der Waals surface area contributed by atoms with Crippen LogP contribution in [0.5, 0.6) is 0 Å². The van der Waals surface area contributed by atoms with Crippen LogP contribution in [0, 0.1) is 6.92 Å². The van der Waals surface area contributed by atoms with Crippen LogP contribution < -0.4 is 5.32 Å². The summed E-state index contributed by atoms with van der Waals surface area (Å²) in [5, 5.41) is 2.94. The highest BCUT2D eigenvalue weighted by molar-refractivity contribution is 5.87. The number of aryl methyl sites for hydroxylation is 1. The van der Waals surface area contributed by atoms with Gasteiger partial charge in [-0.1, -0.05) is 36.4 Å². The van der Waals surface area contributed by atoms with Crippen LogP contribution in [0.4, 0.5) is 0 Å². The molecule has 1 unspecified atom stereocenters. The van der Waals surface area contributed by atoms with Crippen LogP contribution in [-0.2, 0) is 4.79 Å². The number of likely N-dealkylation sites (N-methyl/N-ethyl adjacent to an activating group) is 1. The van der Waals surface area contributed by atoms with E-state index in [0.717, 1.165) is 12.1 Å². The van der Waals surface area contributed by atoms with Crippen LogP contribution >= 0.6 is 0 Å². The fourth-order valence-electron chi connectivity index (χ4n) is 1.72. The van der Waals surface area contributed by atoms with Crippen LogP contribution in [0.1, 0.15) is 17.2 Å². The maximum atomic E-state index is 11.4. The second kappa shape index (κ2) is 6.21. The van der Waals surface area contributed by atoms with E-state index in [9.17, 15) is 4.79 Å². The molecule has 0 aliphatic carbocycles. The molecule has 0 aliphatic heterocycles. The lowest BCUT2D eigenvalue weighted by molar-refractivity contribution is -0.117. The highest BCUT2D eigenvalue weighted by Gasteiger charge is 2.14. The molecule has 3 nitrogen and oxygen atoms in total. The Morgan fingerprint density at radius 2 is 2.24 bits per heavy atom. The summed E-state index contributed by atoms with van der Waals surface area (Å²) in [7, 11) is 3.98. The van der Waals surface area contributed by atoms with E-state index in [0.29, 0.717) is 0 Å². The summed E-state index contributed by atoms with van der Waals surface area (Å²) in [6.45, 7) is 6.29. The van der Waals surface area contributed by atoms with E-state index in [1.807, 2.05) is 39.2 Å². The molecular formula is C14H20N2O. The van der Waals surface area contributed by atoms with E-state index < -0.39 is 0 Å². The van der Waals surface area contributed by atoms with Crippen molar-refractivity contribution in [2.24, 2.45) is 0 Å². The Morgan fingerprint density at radius 1 is 1.53 bits per heavy atom. The molecule has 0 saturated carbocycles. The lowest BCUT2D eigenvalue weighted by Gasteiger charge is -2.22. The van der Waals surface area contributed by atoms with Crippen molar-refractivity contribution in [1.29, 1.82) is 0 Å². The minimum absolute atomic E-state index is 0.00426. The van der Waals surface area contributed by atoms with Gasteiger partial charge in [0.1, 0.15) is 0 Å². The average Bonchev–Trinajstić information content (AvgIpc) is 2.27. The number of nitrogens with zero attached hydrogens (tertiary/aromatic N) is 1. The first-order valence-corrected chi connectivity index (χ1v) is 5.67. The van der Waals surface area contributed by atoms with E-state index in [1.54, 1.807) is 0 Å². The number of hydrogen-bond donors (Lipinski definition) is 1. The molecule has 1 aromatic rings. The fourth-order valence-corrected chi connectivity index (χ4v) is 1.72. The van der Waals surface area contributed by atoms with Crippen molar-refractivity contribution in [1.82, 2.24) is 10.2 Å². The Kier molecular flexibility index (Phi) is 4.91. The van der Waals surface area contributed by atoms with Gasteiger partial charge in [0.05, 0.1) is 6.04 Å². The number of benzene rings is 1. The molecule has 0 radical (unpaired) electrons. The molecule has 1 N–H and O–H groups in total. The van der Waals surface area contributed by atoms with Crippen LogP contribution in [0.15, 0.2) is 36.9 Å². The van der Waals surface area contributed by atoms with Crippen molar-refractivity contribution >= 4 is 5.91 Å². The summed E-state index contributed by atoms with van der Waals surface area (Å²) in [5.41, 5.74) is 2.31. The lowest BCUT2D eigenvalue weighted by Crippen LogP contribution is -2.34. The smallest absolute Gasteiger partial charge is 0.243 e. The van der Waals surface area contributed by atoms with Gasteiger partial charge in [-0.05, 0) is 32.7 Å². The normalized spacial score (nSPS) is 12.2. The van der Waals surface area contributed by atoms with E-state index in [1.165, 1.54) is 11.6 Å². The predicted molar refractivity (Wildman–Crippen MR) is 70.8 cm³/mol. The third-order valence-corrected chi connectivity index (χ3v) is 2.49. The van der Waals surface area contributed by atoms with Gasteiger partial charge in [-0.25, -0.2) is 0 Å². The van der Waals surface area contributed by atoms with Gasteiger partial charge in [0.2, 0.25) is 5.91 Å². The van der Waals surface area contributed by atoms with Crippen LogP contribution in [0.3, 0.4) is 0 Å². The number of nitrogens with one attached hydrogen (secondary N) is 1. The standard InChI is InChI=1S/C14H20N2O/c1-5-14(17)15-13(10-16(3)4)12-8-6-7-11(2)9-12/h5-9,13H,1,10H2,2-4H3,(H,15,17). The molecule has 92 valence electrons. The lowest BCUT2D eigenvalue weighted by atomic mass is 10.0. The first kappa shape index (κ1) is 13.5. The Morgan fingerprint density at radius 3 is 2.76 bits per heavy atom. The molecule has 0 fully saturated rings. The van der Waals surface area contributed by atoms with Crippen molar-refractivity contribution in [3.63, 3.8) is 0 Å². The van der Waals surface area contributed by atoms with Gasteiger partial charge in [0.15, 0.2) is 0 Å². The van der Waals surface area contributed by atoms with E-state index in [2.05, 4.69) is 22.9 Å². The van der Waals surface area contributed by atoms with Gasteiger partial charge in [-0.15, -0.1) is 0 Å². The van der Waals surface area contributed by atoms with E-state index in [4.69, 9.17) is 0 Å². The SMILES string of the molecule is C=CC(=O)NC(CN(C)C)c1cccc(C)c1. The summed E-state index contributed by atoms with van der Waals surface area (Å²) in [5.74, 6) is -0.140. The van der Waals surface area contributed by atoms with Gasteiger partial charge in [0, 0.05) is 6.54 Å². The molecule has 0 bridgehead atoms. The number of hydrogen-bond acceptors (Lipinski definition) is 2. The average molecular weight is 232 g/mol. The topological polar surface area (TPSA) is 32.3 Å². The van der Waals surface area contributed by atoms with Crippen molar-refractivity contribution in [2.75, 3.05) is 20.6 Å². The fraction of sp³-hybridized carbons (Fsp3) is 0.357. The van der Waals surface area contributed by atoms with E-state index >= 15 is 0 Å². The van der Waals surface area contributed by atoms with Gasteiger partial charge in [0.25, 0.3) is 0 Å². The third kappa shape index (κ3) is 4.41. The molecule has 0 heterocycles. The van der Waals surface area contributed by atoms with E-state index in [-0.39, 0.29) is 11.9 Å². The number of amides is 1. The van der Waals surface area contributed by atoms with Crippen LogP contribution in [0.25, 0.3) is 0 Å². The quantitative estimate of drug-likeness (QED) is 0.786. The zero-order chi connectivity index (χ0) is 12.8. The summed E-state index contributed by atoms with van der Waals surface area (Å²) < 4.78 is 0. The van der Waals surface area contributed by atoms with Crippen molar-refractivity contribution in [3.05, 3.63) is 48.0 Å². The summed E-state index contributed by atoms with van der Waals surface area (Å²) >= 11 is 0. The van der Waals surface area contributed by atoms with Gasteiger partial charge >= 0.3 is 0 Å². The highest BCUT2D eigenvalue weighted by atomic mass is 16.1. The Hall–Kier alpha value is -1.61. The van der Waals surface area contributed by atoms with Gasteiger partial charge in [-0.3, -0.25) is 4.79 Å². The number of rotatable bonds is 5. The molecule has 0 aliphatic rings. The third-order valence-electron chi connectivity index (χ3n) is 2.49. The maximum absolute atomic E-state index is 11.4. The monoisotopic (exact) mass is 232 g/mol. The summed E-state index contributed by atoms with van der Waals surface area (Å²) in [6.07, 6.45) is 1.30. The van der Waals surface area contributed by atoms with Crippen molar-refractivity contribution < 1.29 is 4.79 Å². The summed E-state index contributed by atoms with van der Waals surface area (Å²) in [4.78, 5) is 13.5. The first-order valence-electron chi connectivity index (χ1n) is 5.67. The molecule has 1 amide bonds. The Bertz CT molecular complexity index is 399. The molecule has 1 atom stereocenters. The molecular weight excluding hydrogens is 212 g/mol.